The Labute approximate surface area is 618 Å². The van der Waals surface area contributed by atoms with Crippen LogP contribution in [0, 0.1) is 0 Å². The maximum Gasteiger partial charge on any atom is 0.472 e. The number of carbonyl (C=O) groups is 4. The number of rotatable bonds is 73. The molecule has 5 unspecified atom stereocenters. The van der Waals surface area contributed by atoms with Gasteiger partial charge in [-0.15, -0.1) is 0 Å². The molecule has 0 heterocycles. The van der Waals surface area contributed by atoms with E-state index in [-0.39, 0.29) is 25.7 Å². The Morgan fingerprint density at radius 2 is 0.520 bits per heavy atom. The van der Waals surface area contributed by atoms with Crippen molar-refractivity contribution >= 4 is 39.5 Å². The van der Waals surface area contributed by atoms with Crippen molar-refractivity contribution in [1.29, 1.82) is 0 Å². The van der Waals surface area contributed by atoms with E-state index >= 15 is 0 Å². The molecule has 0 rings (SSSR count). The lowest BCUT2D eigenvalue weighted by atomic mass is 10.1. The van der Waals surface area contributed by atoms with Crippen molar-refractivity contribution in [3.8, 4) is 0 Å². The molecule has 0 amide bonds. The number of aliphatic hydroxyl groups is 1. The molecular weight excluding hydrogens is 1330 g/mol. The Hall–Kier alpha value is -4.80. The van der Waals surface area contributed by atoms with Crippen molar-refractivity contribution in [2.45, 2.75) is 329 Å². The first kappa shape index (κ1) is 97.2. The van der Waals surface area contributed by atoms with Gasteiger partial charge in [-0.25, -0.2) is 9.13 Å². The van der Waals surface area contributed by atoms with Gasteiger partial charge in [0.05, 0.1) is 26.4 Å². The number of allylic oxidation sites excluding steroid dienone is 22. The maximum atomic E-state index is 13.1. The molecule has 19 heteroatoms. The SMILES string of the molecule is CC/C=C\C/C=C\C/C=C\C/C=C\CCCCCCCCC(=O)OCC(COP(=O)(O)OCC(O)COP(=O)(O)OCC(COC(=O)CCCCCC/C=C\C/C=C\C/C=C\C/C=C\CC)OC(=O)CCCCCCC/C=C\C/C=C\CCCCC)OC(=O)CCCCCCC/C=C\CCCC. The Balaban J connectivity index is 5.36. The van der Waals surface area contributed by atoms with Crippen molar-refractivity contribution in [3.05, 3.63) is 134 Å². The van der Waals surface area contributed by atoms with Crippen molar-refractivity contribution < 1.29 is 80.2 Å². The van der Waals surface area contributed by atoms with Crippen LogP contribution in [0.4, 0.5) is 0 Å². The Bertz CT molecular complexity index is 2460. The summed E-state index contributed by atoms with van der Waals surface area (Å²) in [5.41, 5.74) is 0. The summed E-state index contributed by atoms with van der Waals surface area (Å²) >= 11 is 0. The first-order valence-corrected chi connectivity index (χ1v) is 42.4. The lowest BCUT2D eigenvalue weighted by molar-refractivity contribution is -0.161. The summed E-state index contributed by atoms with van der Waals surface area (Å²) in [5, 5.41) is 10.6. The van der Waals surface area contributed by atoms with Gasteiger partial charge in [0.1, 0.15) is 19.3 Å². The molecule has 0 bridgehead atoms. The van der Waals surface area contributed by atoms with Gasteiger partial charge < -0.3 is 33.8 Å². The van der Waals surface area contributed by atoms with Gasteiger partial charge in [-0.2, -0.15) is 0 Å². The molecule has 17 nitrogen and oxygen atoms in total. The summed E-state index contributed by atoms with van der Waals surface area (Å²) in [6.45, 7) is 4.52. The Morgan fingerprint density at radius 3 is 0.824 bits per heavy atom. The molecule has 0 aliphatic heterocycles. The largest absolute Gasteiger partial charge is 0.472 e. The van der Waals surface area contributed by atoms with Crippen LogP contribution in [0.15, 0.2) is 134 Å². The molecule has 3 N–H and O–H groups in total. The van der Waals surface area contributed by atoms with Crippen LogP contribution < -0.4 is 0 Å². The summed E-state index contributed by atoms with van der Waals surface area (Å²) < 4.78 is 68.5. The zero-order valence-electron chi connectivity index (χ0n) is 63.7. The van der Waals surface area contributed by atoms with Gasteiger partial charge in [-0.1, -0.05) is 264 Å². The summed E-state index contributed by atoms with van der Waals surface area (Å²) in [6.07, 6.45) is 82.9. The summed E-state index contributed by atoms with van der Waals surface area (Å²) in [5.74, 6) is -2.24. The van der Waals surface area contributed by atoms with E-state index in [2.05, 4.69) is 161 Å². The number of carbonyl (C=O) groups excluding carboxylic acids is 4. The number of aliphatic hydroxyl groups excluding tert-OH is 1. The number of esters is 4. The van der Waals surface area contributed by atoms with Crippen LogP contribution in [0.2, 0.25) is 0 Å². The second kappa shape index (κ2) is 74.5. The van der Waals surface area contributed by atoms with Gasteiger partial charge in [0.15, 0.2) is 12.2 Å². The summed E-state index contributed by atoms with van der Waals surface area (Å²) in [6, 6.07) is 0. The molecule has 0 saturated carbocycles. The van der Waals surface area contributed by atoms with E-state index in [0.717, 1.165) is 199 Å². The number of unbranched alkanes of at least 4 members (excludes halogenated alkanes) is 25. The van der Waals surface area contributed by atoms with E-state index < -0.39 is 97.5 Å². The third-order valence-corrected chi connectivity index (χ3v) is 18.0. The number of phosphoric acid groups is 2. The second-order valence-corrected chi connectivity index (χ2v) is 28.8. The average molecular weight is 1470 g/mol. The monoisotopic (exact) mass is 1470 g/mol. The first-order valence-electron chi connectivity index (χ1n) is 39.4. The van der Waals surface area contributed by atoms with Crippen molar-refractivity contribution in [2.75, 3.05) is 39.6 Å². The van der Waals surface area contributed by atoms with E-state index in [4.69, 9.17) is 37.0 Å². The molecule has 0 aliphatic rings. The molecule has 0 fully saturated rings. The predicted molar refractivity (Wildman–Crippen MR) is 418 cm³/mol. The Kier molecular flexibility index (Phi) is 71.0. The molecule has 0 radical (unpaired) electrons. The van der Waals surface area contributed by atoms with E-state index in [1.165, 1.54) is 32.1 Å². The third kappa shape index (κ3) is 73.5. The molecule has 0 aromatic carbocycles. The van der Waals surface area contributed by atoms with Crippen LogP contribution in [0.25, 0.3) is 0 Å². The lowest BCUT2D eigenvalue weighted by Crippen LogP contribution is -2.30. The lowest BCUT2D eigenvalue weighted by Gasteiger charge is -2.21. The normalized spacial score (nSPS) is 14.6. The molecule has 102 heavy (non-hydrogen) atoms. The first-order chi connectivity index (χ1) is 49.7. The molecule has 0 saturated heterocycles. The zero-order valence-corrected chi connectivity index (χ0v) is 65.5. The quantitative estimate of drug-likeness (QED) is 0.0169. The van der Waals surface area contributed by atoms with Gasteiger partial charge in [0.2, 0.25) is 0 Å². The highest BCUT2D eigenvalue weighted by molar-refractivity contribution is 7.47. The van der Waals surface area contributed by atoms with Crippen LogP contribution in [0.5, 0.6) is 0 Å². The number of ether oxygens (including phenoxy) is 4. The highest BCUT2D eigenvalue weighted by atomic mass is 31.2. The van der Waals surface area contributed by atoms with E-state index in [0.29, 0.717) is 25.7 Å². The Morgan fingerprint density at radius 1 is 0.284 bits per heavy atom. The van der Waals surface area contributed by atoms with E-state index in [1.807, 2.05) is 0 Å². The highest BCUT2D eigenvalue weighted by Crippen LogP contribution is 2.45. The van der Waals surface area contributed by atoms with Gasteiger partial charge >= 0.3 is 39.5 Å². The van der Waals surface area contributed by atoms with Crippen LogP contribution in [0.3, 0.4) is 0 Å². The summed E-state index contributed by atoms with van der Waals surface area (Å²) in [7, 11) is -9.97. The molecular formula is C83H140O17P2. The fourth-order valence-electron chi connectivity index (χ4n) is 10.1. The molecule has 0 aromatic heterocycles. The van der Waals surface area contributed by atoms with Gasteiger partial charge in [-0.3, -0.25) is 37.3 Å². The zero-order chi connectivity index (χ0) is 74.6. The van der Waals surface area contributed by atoms with Crippen molar-refractivity contribution in [3.63, 3.8) is 0 Å². The molecule has 0 spiro atoms. The fraction of sp³-hybridized carbons (Fsp3) is 0.687. The third-order valence-electron chi connectivity index (χ3n) is 16.1. The standard InChI is InChI=1S/C83H140O17P2/c1-5-9-13-17-21-25-29-32-35-37-38-40-43-45-49-52-56-60-64-68-80(85)93-73-78(99-82(87)69-65-61-57-53-47-28-24-20-16-12-8-4)75-97-101(89,90)95-71-77(84)72-96-102(91,92)98-76-79(100-83(88)70-66-62-58-54-50-46-41-34-31-27-23-19-15-11-7-3)74-94-81(86)67-63-59-55-51-48-44-42-39-36-33-30-26-22-18-14-10-6-2/h9-10,13-14,20-27,32-36,38,40-42,44,77-79,84H,5-8,11-12,15-19,28-31,37,39,43,45-76H2,1-4H3,(H,89,90)(H,91,92)/b13-9-,14-10-,24-20-,25-21-,26-22-,27-23-,35-32-,36-33-,40-38-,41-34-,44-42-. The molecule has 0 aliphatic carbocycles. The van der Waals surface area contributed by atoms with Gasteiger partial charge in [0.25, 0.3) is 0 Å². The van der Waals surface area contributed by atoms with Crippen molar-refractivity contribution in [1.82, 2.24) is 0 Å². The fourth-order valence-corrected chi connectivity index (χ4v) is 11.7. The molecule has 0 aromatic rings. The van der Waals surface area contributed by atoms with Crippen LogP contribution >= 0.6 is 15.6 Å². The maximum absolute atomic E-state index is 13.1. The molecule has 5 atom stereocenters. The van der Waals surface area contributed by atoms with Crippen LogP contribution in [-0.2, 0) is 65.4 Å². The number of hydrogen-bond donors (Lipinski definition) is 3. The van der Waals surface area contributed by atoms with Crippen LogP contribution in [-0.4, -0.2) is 96.7 Å². The average Bonchev–Trinajstić information content (AvgIpc) is 0.926. The van der Waals surface area contributed by atoms with Gasteiger partial charge in [0, 0.05) is 25.7 Å². The minimum Gasteiger partial charge on any atom is -0.462 e. The number of hydrogen-bond acceptors (Lipinski definition) is 15. The summed E-state index contributed by atoms with van der Waals surface area (Å²) in [4.78, 5) is 72.9. The van der Waals surface area contributed by atoms with Crippen LogP contribution in [0.1, 0.15) is 310 Å². The molecule has 584 valence electrons. The topological polar surface area (TPSA) is 237 Å². The number of phosphoric ester groups is 2. The van der Waals surface area contributed by atoms with Gasteiger partial charge in [-0.05, 0) is 154 Å². The highest BCUT2D eigenvalue weighted by Gasteiger charge is 2.30. The smallest absolute Gasteiger partial charge is 0.462 e. The second-order valence-electron chi connectivity index (χ2n) is 25.9. The minimum atomic E-state index is -4.99. The van der Waals surface area contributed by atoms with E-state index in [9.17, 15) is 43.2 Å². The predicted octanol–water partition coefficient (Wildman–Crippen LogP) is 22.9. The van der Waals surface area contributed by atoms with E-state index in [1.54, 1.807) is 0 Å². The minimum absolute atomic E-state index is 0.0704. The van der Waals surface area contributed by atoms with Crippen molar-refractivity contribution in [2.24, 2.45) is 0 Å².